The Hall–Kier alpha value is -8.54. The topological polar surface area (TPSA) is 70.3 Å². The molecule has 9 aromatic carbocycles. The Kier molecular flexibility index (Phi) is 8.80. The molecule has 0 amide bonds. The first-order valence-electron chi connectivity index (χ1n) is 21.5. The number of aromatic nitrogens is 2. The van der Waals surface area contributed by atoms with Crippen molar-refractivity contribution in [3.05, 3.63) is 247 Å². The van der Waals surface area contributed by atoms with Crippen molar-refractivity contribution < 1.29 is 9.47 Å². The highest BCUT2D eigenvalue weighted by Crippen LogP contribution is 2.62. The standard InChI is InChI=1S/C59H39N3O2/c60-47-26-14-19-41(35-47)39-17-12-20-43(33-39)52-37-51(38-15-4-1-5-16-38)61-58(62-52)44-21-13-18-40(34-44)42-29-31-53-55(36-42)64-57-54(63-53)32-30-50-56(57)48-27-10-11-28-49(48)59(50,45-22-6-2-7-23-45)46-24-8-3-9-25-46/h1-37H,60H2. The zero-order valence-corrected chi connectivity index (χ0v) is 34.7. The fourth-order valence-corrected chi connectivity index (χ4v) is 9.64. The Morgan fingerprint density at radius 3 is 1.62 bits per heavy atom. The van der Waals surface area contributed by atoms with Gasteiger partial charge in [-0.15, -0.1) is 0 Å². The summed E-state index contributed by atoms with van der Waals surface area (Å²) < 4.78 is 13.7. The molecule has 0 saturated heterocycles. The predicted molar refractivity (Wildman–Crippen MR) is 258 cm³/mol. The molecule has 0 unspecified atom stereocenters. The van der Waals surface area contributed by atoms with Gasteiger partial charge in [0.2, 0.25) is 0 Å². The van der Waals surface area contributed by atoms with Crippen LogP contribution in [0.15, 0.2) is 224 Å². The van der Waals surface area contributed by atoms with Gasteiger partial charge in [0.25, 0.3) is 0 Å². The molecule has 0 saturated carbocycles. The van der Waals surface area contributed by atoms with Crippen LogP contribution in [0.1, 0.15) is 22.3 Å². The van der Waals surface area contributed by atoms with Gasteiger partial charge in [-0.05, 0) is 98.6 Å². The number of rotatable bonds is 7. The quantitative estimate of drug-likeness (QED) is 0.162. The minimum Gasteiger partial charge on any atom is -0.449 e. The van der Waals surface area contributed by atoms with Crippen molar-refractivity contribution >= 4 is 5.69 Å². The fourth-order valence-electron chi connectivity index (χ4n) is 9.64. The van der Waals surface area contributed by atoms with Crippen LogP contribution in [0.2, 0.25) is 0 Å². The summed E-state index contributed by atoms with van der Waals surface area (Å²) in [4.78, 5) is 10.4. The van der Waals surface area contributed by atoms with Crippen LogP contribution < -0.4 is 15.2 Å². The fraction of sp³-hybridized carbons (Fsp3) is 0.0169. The Morgan fingerprint density at radius 1 is 0.359 bits per heavy atom. The zero-order chi connectivity index (χ0) is 42.6. The van der Waals surface area contributed by atoms with E-state index in [0.29, 0.717) is 23.1 Å². The molecule has 2 N–H and O–H groups in total. The van der Waals surface area contributed by atoms with Crippen LogP contribution in [0.25, 0.3) is 67.3 Å². The smallest absolute Gasteiger partial charge is 0.178 e. The maximum Gasteiger partial charge on any atom is 0.178 e. The van der Waals surface area contributed by atoms with E-state index >= 15 is 0 Å². The van der Waals surface area contributed by atoms with Crippen molar-refractivity contribution in [3.63, 3.8) is 0 Å². The molecule has 0 radical (unpaired) electrons. The Labute approximate surface area is 371 Å². The number of anilines is 1. The second kappa shape index (κ2) is 15.1. The molecule has 64 heavy (non-hydrogen) atoms. The summed E-state index contributed by atoms with van der Waals surface area (Å²) in [5, 5.41) is 0. The van der Waals surface area contributed by atoms with Crippen molar-refractivity contribution in [2.75, 3.05) is 5.73 Å². The summed E-state index contributed by atoms with van der Waals surface area (Å²) in [5.74, 6) is 3.37. The van der Waals surface area contributed by atoms with Gasteiger partial charge in [-0.2, -0.15) is 0 Å². The number of benzene rings is 9. The second-order valence-corrected chi connectivity index (χ2v) is 16.3. The molecule has 1 aliphatic heterocycles. The summed E-state index contributed by atoms with van der Waals surface area (Å²) in [5.41, 5.74) is 22.0. The summed E-state index contributed by atoms with van der Waals surface area (Å²) in [6, 6.07) is 77.8. The van der Waals surface area contributed by atoms with Crippen molar-refractivity contribution in [1.29, 1.82) is 0 Å². The monoisotopic (exact) mass is 821 g/mol. The zero-order valence-electron chi connectivity index (χ0n) is 34.7. The van der Waals surface area contributed by atoms with Crippen molar-refractivity contribution in [2.24, 2.45) is 0 Å². The lowest BCUT2D eigenvalue weighted by atomic mass is 9.68. The summed E-state index contributed by atoms with van der Waals surface area (Å²) in [6.45, 7) is 0. The van der Waals surface area contributed by atoms with Crippen LogP contribution in [0.3, 0.4) is 0 Å². The number of hydrogen-bond donors (Lipinski definition) is 1. The van der Waals surface area contributed by atoms with E-state index in [1.54, 1.807) is 0 Å². The maximum atomic E-state index is 7.04. The van der Waals surface area contributed by atoms with Crippen LogP contribution >= 0.6 is 0 Å². The average molecular weight is 822 g/mol. The van der Waals surface area contributed by atoms with E-state index in [2.05, 4.69) is 182 Å². The van der Waals surface area contributed by atoms with Gasteiger partial charge in [0.1, 0.15) is 0 Å². The van der Waals surface area contributed by atoms with Gasteiger partial charge < -0.3 is 15.2 Å². The third-order valence-electron chi connectivity index (χ3n) is 12.5. The summed E-state index contributed by atoms with van der Waals surface area (Å²) in [6.07, 6.45) is 0. The summed E-state index contributed by atoms with van der Waals surface area (Å²) >= 11 is 0. The molecule has 10 aromatic rings. The molecule has 1 aromatic heterocycles. The molecule has 0 bridgehead atoms. The van der Waals surface area contributed by atoms with Crippen LogP contribution in [0, 0.1) is 0 Å². The molecule has 0 spiro atoms. The number of ether oxygens (including phenoxy) is 2. The van der Waals surface area contributed by atoms with E-state index in [0.717, 1.165) is 78.5 Å². The van der Waals surface area contributed by atoms with Gasteiger partial charge in [-0.3, -0.25) is 0 Å². The van der Waals surface area contributed by atoms with Crippen LogP contribution in [-0.4, -0.2) is 9.97 Å². The third kappa shape index (κ3) is 6.17. The largest absolute Gasteiger partial charge is 0.449 e. The first-order valence-corrected chi connectivity index (χ1v) is 21.5. The van der Waals surface area contributed by atoms with Crippen LogP contribution in [0.5, 0.6) is 23.0 Å². The number of nitrogens with zero attached hydrogens (tertiary/aromatic N) is 2. The van der Waals surface area contributed by atoms with E-state index in [-0.39, 0.29) is 0 Å². The molecule has 2 heterocycles. The lowest BCUT2D eigenvalue weighted by Crippen LogP contribution is -2.28. The Bertz CT molecular complexity index is 3360. The lowest BCUT2D eigenvalue weighted by molar-refractivity contribution is 0.360. The van der Waals surface area contributed by atoms with E-state index in [1.165, 1.54) is 16.7 Å². The summed E-state index contributed by atoms with van der Waals surface area (Å²) in [7, 11) is 0. The highest BCUT2D eigenvalue weighted by Gasteiger charge is 2.48. The van der Waals surface area contributed by atoms with Gasteiger partial charge in [-0.1, -0.05) is 176 Å². The van der Waals surface area contributed by atoms with Crippen molar-refractivity contribution in [3.8, 4) is 90.3 Å². The third-order valence-corrected chi connectivity index (χ3v) is 12.5. The molecule has 0 fully saturated rings. The lowest BCUT2D eigenvalue weighted by Gasteiger charge is -2.34. The average Bonchev–Trinajstić information content (AvgIpc) is 3.68. The van der Waals surface area contributed by atoms with Gasteiger partial charge in [0, 0.05) is 27.9 Å². The number of nitrogen functional groups attached to an aromatic ring is 1. The molecule has 1 aliphatic carbocycles. The molecule has 302 valence electrons. The van der Waals surface area contributed by atoms with Gasteiger partial charge in [-0.25, -0.2) is 9.97 Å². The number of fused-ring (bicyclic) bond motifs is 6. The van der Waals surface area contributed by atoms with Crippen molar-refractivity contribution in [1.82, 2.24) is 9.97 Å². The maximum absolute atomic E-state index is 7.04. The van der Waals surface area contributed by atoms with Gasteiger partial charge in [0.05, 0.1) is 16.8 Å². The molecule has 2 aliphatic rings. The molecule has 5 nitrogen and oxygen atoms in total. The van der Waals surface area contributed by atoms with Crippen LogP contribution in [-0.2, 0) is 5.41 Å². The van der Waals surface area contributed by atoms with Crippen molar-refractivity contribution in [2.45, 2.75) is 5.41 Å². The van der Waals surface area contributed by atoms with E-state index < -0.39 is 5.41 Å². The van der Waals surface area contributed by atoms with E-state index in [9.17, 15) is 0 Å². The minimum atomic E-state index is -0.547. The van der Waals surface area contributed by atoms with E-state index in [4.69, 9.17) is 25.2 Å². The van der Waals surface area contributed by atoms with E-state index in [1.807, 2.05) is 42.5 Å². The predicted octanol–water partition coefficient (Wildman–Crippen LogP) is 14.7. The van der Waals surface area contributed by atoms with Gasteiger partial charge in [0.15, 0.2) is 28.8 Å². The molecule has 5 heteroatoms. The number of hydrogen-bond acceptors (Lipinski definition) is 5. The molecule has 12 rings (SSSR count). The molecular weight excluding hydrogens is 783 g/mol. The second-order valence-electron chi connectivity index (χ2n) is 16.3. The van der Waals surface area contributed by atoms with Crippen LogP contribution in [0.4, 0.5) is 5.69 Å². The molecule has 0 atom stereocenters. The first-order chi connectivity index (χ1) is 31.6. The minimum absolute atomic E-state index is 0.547. The highest BCUT2D eigenvalue weighted by atomic mass is 16.6. The highest BCUT2D eigenvalue weighted by molar-refractivity contribution is 5.92. The van der Waals surface area contributed by atoms with Gasteiger partial charge >= 0.3 is 0 Å². The Morgan fingerprint density at radius 2 is 0.906 bits per heavy atom. The number of nitrogens with two attached hydrogens (primary N) is 1. The Balaban J connectivity index is 0.941. The SMILES string of the molecule is Nc1cccc(-c2cccc(-c3cc(-c4ccccc4)nc(-c4cccc(-c5ccc6c(c5)Oc5c(ccc7c5-c5ccccc5C7(c5ccccc5)c5ccccc5)O6)c4)n3)c2)c1. The molecular formula is C59H39N3O2. The normalized spacial score (nSPS) is 12.8. The first kappa shape index (κ1) is 37.2.